The Bertz CT molecular complexity index is 845. The van der Waals surface area contributed by atoms with E-state index in [2.05, 4.69) is 79.2 Å². The van der Waals surface area contributed by atoms with Crippen LogP contribution in [-0.2, 0) is 23.2 Å². The molecule has 2 heteroatoms. The van der Waals surface area contributed by atoms with Gasteiger partial charge in [0.1, 0.15) is 0 Å². The second-order valence-corrected chi connectivity index (χ2v) is 14.1. The monoisotopic (exact) mass is 490 g/mol. The van der Waals surface area contributed by atoms with Crippen molar-refractivity contribution < 1.29 is 23.2 Å². The maximum atomic E-state index is 2.55. The SMILES string of the molecule is C1CC[SiH2]C1.CCC1=Cc2ccccc2C1[CH]([Zr][CH3])C1C(CC)=Cc2ccccc21. The Kier molecular flexibility index (Phi) is 7.82. The topological polar surface area (TPSA) is 0 Å². The number of allylic oxidation sites excluding steroid dienone is 2. The fourth-order valence-corrected chi connectivity index (χ4v) is 11.1. The van der Waals surface area contributed by atoms with Gasteiger partial charge in [-0.1, -0.05) is 24.9 Å². The number of fused-ring (bicyclic) bond motifs is 2. The minimum absolute atomic E-state index is 0.485. The molecule has 0 nitrogen and oxygen atoms in total. The first kappa shape index (κ1) is 22.2. The summed E-state index contributed by atoms with van der Waals surface area (Å²) in [6.07, 6.45) is 10.4. The molecule has 1 saturated heterocycles. The predicted octanol–water partition coefficient (Wildman–Crippen LogP) is 7.87. The molecule has 0 aromatic heterocycles. The zero-order valence-electron chi connectivity index (χ0n) is 19.0. The van der Waals surface area contributed by atoms with Crippen molar-refractivity contribution in [3.05, 3.63) is 81.9 Å². The molecule has 1 aliphatic heterocycles. The molecule has 2 aromatic carbocycles. The van der Waals surface area contributed by atoms with E-state index in [-0.39, 0.29) is 0 Å². The van der Waals surface area contributed by atoms with Gasteiger partial charge in [-0.15, -0.1) is 0 Å². The van der Waals surface area contributed by atoms with Crippen molar-refractivity contribution in [3.8, 4) is 0 Å². The van der Waals surface area contributed by atoms with Gasteiger partial charge in [-0.25, -0.2) is 0 Å². The number of hydrogen-bond donors (Lipinski definition) is 0. The fourth-order valence-electron chi connectivity index (χ4n) is 5.73. The summed E-state index contributed by atoms with van der Waals surface area (Å²) in [4.78, 5) is 0. The Hall–Kier alpha value is -0.980. The summed E-state index contributed by atoms with van der Waals surface area (Å²) < 4.78 is 3.37. The Labute approximate surface area is 197 Å². The van der Waals surface area contributed by atoms with Crippen molar-refractivity contribution in [2.24, 2.45) is 0 Å². The van der Waals surface area contributed by atoms with E-state index < -0.39 is 23.2 Å². The van der Waals surface area contributed by atoms with E-state index in [0.717, 1.165) is 3.63 Å². The molecule has 2 atom stereocenters. The average molecular weight is 492 g/mol. The second-order valence-electron chi connectivity index (χ2n) is 8.94. The van der Waals surface area contributed by atoms with Crippen molar-refractivity contribution in [1.82, 2.24) is 0 Å². The van der Waals surface area contributed by atoms with Gasteiger partial charge >= 0.3 is 164 Å². The molecule has 2 aromatic rings. The van der Waals surface area contributed by atoms with E-state index in [1.54, 1.807) is 47.2 Å². The van der Waals surface area contributed by atoms with E-state index in [9.17, 15) is 0 Å². The van der Waals surface area contributed by atoms with Crippen LogP contribution in [0.25, 0.3) is 12.2 Å². The summed E-state index contributed by atoms with van der Waals surface area (Å²) in [5.74, 6) is 1.29. The molecular formula is C28H36SiZr. The first-order valence-corrected chi connectivity index (χ1v) is 17.9. The Morgan fingerprint density at radius 1 is 0.800 bits per heavy atom. The molecule has 0 bridgehead atoms. The average Bonchev–Trinajstić information content (AvgIpc) is 3.54. The number of hydrogen-bond acceptors (Lipinski definition) is 0. The Morgan fingerprint density at radius 2 is 1.27 bits per heavy atom. The molecule has 5 rings (SSSR count). The normalized spacial score (nSPS) is 22.4. The minimum atomic E-state index is -0.485. The van der Waals surface area contributed by atoms with Crippen LogP contribution in [0.5, 0.6) is 0 Å². The van der Waals surface area contributed by atoms with Gasteiger partial charge in [0.2, 0.25) is 0 Å². The van der Waals surface area contributed by atoms with Crippen molar-refractivity contribution in [2.45, 2.75) is 71.7 Å². The molecule has 3 aliphatic rings. The molecule has 0 saturated carbocycles. The van der Waals surface area contributed by atoms with E-state index >= 15 is 0 Å². The van der Waals surface area contributed by atoms with E-state index in [4.69, 9.17) is 0 Å². The van der Waals surface area contributed by atoms with Gasteiger partial charge in [0.25, 0.3) is 0 Å². The molecule has 2 unspecified atom stereocenters. The molecule has 0 N–H and O–H groups in total. The summed E-state index contributed by atoms with van der Waals surface area (Å²) in [7, 11) is 0.543. The third-order valence-electron chi connectivity index (χ3n) is 7.26. The van der Waals surface area contributed by atoms with Crippen LogP contribution in [0, 0.1) is 0 Å². The van der Waals surface area contributed by atoms with Crippen LogP contribution in [0.2, 0.25) is 20.3 Å². The van der Waals surface area contributed by atoms with Gasteiger partial charge in [0.15, 0.2) is 0 Å². The third-order valence-corrected chi connectivity index (χ3v) is 12.5. The Balaban J connectivity index is 0.000000383. The summed E-state index contributed by atoms with van der Waals surface area (Å²) in [6, 6.07) is 21.5. The predicted molar refractivity (Wildman–Crippen MR) is 132 cm³/mol. The Morgan fingerprint density at radius 3 is 1.63 bits per heavy atom. The standard InChI is InChI=1S/C23H23.C4H10Si.CH3.Zr/c1-3-16-13-18-9-5-7-11-20(18)22(16)15-23-17(4-2)14-19-10-6-8-12-21(19)23;1-2-4-5-3-1;;/h5-15,22-23H,3-4H2,1-2H3;1-5H2;1H3;. The van der Waals surface area contributed by atoms with Gasteiger partial charge in [-0.05, 0) is 0 Å². The summed E-state index contributed by atoms with van der Waals surface area (Å²) >= 11 is -0.485. The van der Waals surface area contributed by atoms with Gasteiger partial charge in [-0.2, -0.15) is 0 Å². The van der Waals surface area contributed by atoms with Crippen LogP contribution in [0.15, 0.2) is 59.7 Å². The molecule has 0 amide bonds. The molecule has 156 valence electrons. The van der Waals surface area contributed by atoms with Crippen LogP contribution in [0.4, 0.5) is 0 Å². The summed E-state index contributed by atoms with van der Waals surface area (Å²) in [6.45, 7) is 4.67. The van der Waals surface area contributed by atoms with Gasteiger partial charge < -0.3 is 0 Å². The van der Waals surface area contributed by atoms with Crippen LogP contribution in [-0.4, -0.2) is 9.52 Å². The van der Waals surface area contributed by atoms with Crippen molar-refractivity contribution >= 4 is 21.7 Å². The first-order valence-electron chi connectivity index (χ1n) is 12.0. The van der Waals surface area contributed by atoms with Crippen LogP contribution < -0.4 is 0 Å². The van der Waals surface area contributed by atoms with Gasteiger partial charge in [0, 0.05) is 9.52 Å². The molecule has 0 radical (unpaired) electrons. The van der Waals surface area contributed by atoms with Gasteiger partial charge in [0.05, 0.1) is 0 Å². The fraction of sp³-hybridized carbons (Fsp3) is 0.429. The van der Waals surface area contributed by atoms with Crippen molar-refractivity contribution in [1.29, 1.82) is 0 Å². The first-order chi connectivity index (χ1) is 14.8. The molecule has 0 spiro atoms. The van der Waals surface area contributed by atoms with Crippen LogP contribution in [0.3, 0.4) is 0 Å². The molecule has 1 fully saturated rings. The van der Waals surface area contributed by atoms with E-state index in [1.807, 2.05) is 0 Å². The summed E-state index contributed by atoms with van der Waals surface area (Å²) in [5.41, 5.74) is 9.44. The molecule has 1 heterocycles. The van der Waals surface area contributed by atoms with Crippen molar-refractivity contribution in [2.75, 3.05) is 0 Å². The summed E-state index contributed by atoms with van der Waals surface area (Å²) in [5, 5.41) is 0. The van der Waals surface area contributed by atoms with Crippen LogP contribution in [0.1, 0.15) is 73.6 Å². The number of rotatable bonds is 5. The molecule has 30 heavy (non-hydrogen) atoms. The van der Waals surface area contributed by atoms with Crippen molar-refractivity contribution in [3.63, 3.8) is 0 Å². The third kappa shape index (κ3) is 4.46. The van der Waals surface area contributed by atoms with Gasteiger partial charge in [-0.3, -0.25) is 0 Å². The van der Waals surface area contributed by atoms with Crippen LogP contribution >= 0.6 is 0 Å². The molecular weight excluding hydrogens is 456 g/mol. The zero-order valence-corrected chi connectivity index (χ0v) is 22.8. The zero-order chi connectivity index (χ0) is 20.9. The van der Waals surface area contributed by atoms with E-state index in [0.29, 0.717) is 21.4 Å². The number of benzene rings is 2. The quantitative estimate of drug-likeness (QED) is 0.373. The van der Waals surface area contributed by atoms with E-state index in [1.165, 1.54) is 24.0 Å². The molecule has 2 aliphatic carbocycles. The second kappa shape index (κ2) is 10.6. The maximum absolute atomic E-state index is 2.55.